The Morgan fingerprint density at radius 1 is 0.786 bits per heavy atom. The van der Waals surface area contributed by atoms with Gasteiger partial charge in [-0.05, 0) is 48.9 Å². The topological polar surface area (TPSA) is 68.3 Å². The fourth-order valence-electron chi connectivity index (χ4n) is 5.92. The molecule has 2 saturated carbocycles. The van der Waals surface area contributed by atoms with Gasteiger partial charge in [-0.25, -0.2) is 16.8 Å². The zero-order valence-corrected chi connectivity index (χ0v) is 16.9. The molecular weight excluding hydrogens is 392 g/mol. The Morgan fingerprint density at radius 3 is 1.96 bits per heavy atom. The summed E-state index contributed by atoms with van der Waals surface area (Å²) in [5, 5.41) is -1.87. The van der Waals surface area contributed by atoms with Gasteiger partial charge in [0.05, 0.1) is 20.3 Å². The third-order valence-corrected chi connectivity index (χ3v) is 11.7. The summed E-state index contributed by atoms with van der Waals surface area (Å²) >= 11 is 0. The predicted octanol–water partition coefficient (Wildman–Crippen LogP) is 3.66. The van der Waals surface area contributed by atoms with Crippen LogP contribution in [0.1, 0.15) is 19.3 Å². The third-order valence-electron chi connectivity index (χ3n) is 6.95. The third kappa shape index (κ3) is 2.28. The second kappa shape index (κ2) is 6.04. The molecule has 0 amide bonds. The molecule has 2 bridgehead atoms. The first-order valence-corrected chi connectivity index (χ1v) is 12.8. The van der Waals surface area contributed by atoms with Gasteiger partial charge in [0.2, 0.25) is 0 Å². The molecule has 0 N–H and O–H groups in total. The highest BCUT2D eigenvalue weighted by atomic mass is 32.2. The second-order valence-corrected chi connectivity index (χ2v) is 12.3. The maximum absolute atomic E-state index is 13.8. The maximum atomic E-state index is 13.8. The number of hydrogen-bond acceptors (Lipinski definition) is 4. The van der Waals surface area contributed by atoms with E-state index in [1.807, 2.05) is 12.2 Å². The van der Waals surface area contributed by atoms with Crippen LogP contribution < -0.4 is 0 Å². The maximum Gasteiger partial charge on any atom is 0.183 e. The van der Waals surface area contributed by atoms with Crippen LogP contribution in [0.25, 0.3) is 0 Å². The van der Waals surface area contributed by atoms with Crippen LogP contribution in [0.4, 0.5) is 0 Å². The van der Waals surface area contributed by atoms with E-state index in [9.17, 15) is 16.8 Å². The molecule has 0 spiro atoms. The van der Waals surface area contributed by atoms with Gasteiger partial charge in [0.15, 0.2) is 19.7 Å². The SMILES string of the molecule is O=S(=O)(c1ccccc1)[C@@H]1[C@H]2C=C[C@@]3(CCC[C@H]23)[C@H]1S(=O)(=O)c1ccccc1. The van der Waals surface area contributed by atoms with Gasteiger partial charge in [0.25, 0.3) is 0 Å². The summed E-state index contributed by atoms with van der Waals surface area (Å²) in [6.07, 6.45) is 6.58. The number of sulfone groups is 2. The molecule has 0 aliphatic heterocycles. The Kier molecular flexibility index (Phi) is 3.91. The van der Waals surface area contributed by atoms with Crippen LogP contribution >= 0.6 is 0 Å². The van der Waals surface area contributed by atoms with E-state index in [1.54, 1.807) is 60.7 Å². The van der Waals surface area contributed by atoms with E-state index in [2.05, 4.69) is 0 Å². The molecule has 0 aromatic heterocycles. The van der Waals surface area contributed by atoms with Gasteiger partial charge in [0, 0.05) is 5.41 Å². The number of allylic oxidation sites excluding steroid dienone is 2. The largest absolute Gasteiger partial charge is 0.223 e. The fourth-order valence-corrected chi connectivity index (χ4v) is 11.2. The highest BCUT2D eigenvalue weighted by Crippen LogP contribution is 2.66. The Hall–Kier alpha value is -1.92. The van der Waals surface area contributed by atoms with Crippen LogP contribution in [0.15, 0.2) is 82.6 Å². The van der Waals surface area contributed by atoms with Crippen molar-refractivity contribution in [1.82, 2.24) is 0 Å². The molecule has 5 atom stereocenters. The average Bonchev–Trinajstić information content (AvgIpc) is 3.34. The van der Waals surface area contributed by atoms with Crippen molar-refractivity contribution in [2.24, 2.45) is 17.3 Å². The van der Waals surface area contributed by atoms with Crippen molar-refractivity contribution in [2.45, 2.75) is 39.6 Å². The van der Waals surface area contributed by atoms with E-state index in [-0.39, 0.29) is 21.6 Å². The van der Waals surface area contributed by atoms with Crippen LogP contribution in [0.5, 0.6) is 0 Å². The summed E-state index contributed by atoms with van der Waals surface area (Å²) in [4.78, 5) is 0.429. The van der Waals surface area contributed by atoms with Crippen LogP contribution in [0, 0.1) is 17.3 Å². The summed E-state index contributed by atoms with van der Waals surface area (Å²) in [6, 6.07) is 16.6. The van der Waals surface area contributed by atoms with Crippen LogP contribution in [-0.4, -0.2) is 27.3 Å². The molecule has 0 unspecified atom stereocenters. The van der Waals surface area contributed by atoms with Gasteiger partial charge in [-0.3, -0.25) is 0 Å². The smallest absolute Gasteiger partial charge is 0.183 e. The lowest BCUT2D eigenvalue weighted by atomic mass is 9.82. The lowest BCUT2D eigenvalue weighted by molar-refractivity contribution is 0.329. The van der Waals surface area contributed by atoms with Crippen molar-refractivity contribution < 1.29 is 16.8 Å². The number of rotatable bonds is 4. The summed E-state index contributed by atoms with van der Waals surface area (Å²) < 4.78 is 54.8. The van der Waals surface area contributed by atoms with E-state index in [0.29, 0.717) is 0 Å². The molecule has 4 nitrogen and oxygen atoms in total. The Morgan fingerprint density at radius 2 is 1.36 bits per heavy atom. The molecule has 0 saturated heterocycles. The van der Waals surface area contributed by atoms with Crippen molar-refractivity contribution in [2.75, 3.05) is 0 Å². The standard InChI is InChI=1S/C22H22O4S2/c23-27(24,16-8-3-1-4-9-16)20-18-13-15-22(14-7-12-19(18)22)21(20)28(25,26)17-10-5-2-6-11-17/h1-6,8-11,13,15,18-21H,7,12,14H2/t18-,19+,20+,21-,22+/m0/s1. The Labute approximate surface area is 166 Å². The zero-order chi connectivity index (χ0) is 19.6. The van der Waals surface area contributed by atoms with Crippen molar-refractivity contribution in [3.63, 3.8) is 0 Å². The zero-order valence-electron chi connectivity index (χ0n) is 15.3. The first-order chi connectivity index (χ1) is 13.4. The lowest BCUT2D eigenvalue weighted by Crippen LogP contribution is -2.47. The molecular formula is C22H22O4S2. The highest BCUT2D eigenvalue weighted by molar-refractivity contribution is 7.96. The van der Waals surface area contributed by atoms with Gasteiger partial charge in [-0.2, -0.15) is 0 Å². The minimum Gasteiger partial charge on any atom is -0.223 e. The molecule has 6 heteroatoms. The van der Waals surface area contributed by atoms with Crippen LogP contribution in [0.3, 0.4) is 0 Å². The van der Waals surface area contributed by atoms with Gasteiger partial charge in [-0.1, -0.05) is 55.0 Å². The first kappa shape index (κ1) is 18.1. The van der Waals surface area contributed by atoms with Gasteiger partial charge >= 0.3 is 0 Å². The van der Waals surface area contributed by atoms with Crippen molar-refractivity contribution in [3.8, 4) is 0 Å². The molecule has 0 radical (unpaired) electrons. The average molecular weight is 415 g/mol. The van der Waals surface area contributed by atoms with E-state index < -0.39 is 35.6 Å². The Balaban J connectivity index is 1.72. The van der Waals surface area contributed by atoms with E-state index in [0.717, 1.165) is 19.3 Å². The predicted molar refractivity (Wildman–Crippen MR) is 107 cm³/mol. The van der Waals surface area contributed by atoms with Gasteiger partial charge in [0.1, 0.15) is 0 Å². The minimum absolute atomic E-state index is 0.0967. The molecule has 2 fully saturated rings. The summed E-state index contributed by atoms with van der Waals surface area (Å²) in [6.45, 7) is 0. The minimum atomic E-state index is -3.80. The summed E-state index contributed by atoms with van der Waals surface area (Å²) in [5.41, 5.74) is -0.564. The normalized spacial score (nSPS) is 33.9. The quantitative estimate of drug-likeness (QED) is 0.716. The molecule has 0 heterocycles. The molecule has 2 aromatic carbocycles. The monoisotopic (exact) mass is 414 g/mol. The van der Waals surface area contributed by atoms with E-state index in [1.165, 1.54) is 0 Å². The van der Waals surface area contributed by atoms with Crippen LogP contribution in [0.2, 0.25) is 0 Å². The molecule has 2 aromatic rings. The van der Waals surface area contributed by atoms with Crippen molar-refractivity contribution >= 4 is 19.7 Å². The van der Waals surface area contributed by atoms with Crippen LogP contribution in [-0.2, 0) is 19.7 Å². The van der Waals surface area contributed by atoms with Gasteiger partial charge < -0.3 is 0 Å². The van der Waals surface area contributed by atoms with E-state index >= 15 is 0 Å². The number of benzene rings is 2. The number of hydrogen-bond donors (Lipinski definition) is 0. The summed E-state index contributed by atoms with van der Waals surface area (Å²) in [5.74, 6) is -0.143. The first-order valence-electron chi connectivity index (χ1n) is 9.66. The second-order valence-electron chi connectivity index (χ2n) is 8.15. The van der Waals surface area contributed by atoms with Crippen molar-refractivity contribution in [3.05, 3.63) is 72.8 Å². The molecule has 28 heavy (non-hydrogen) atoms. The molecule has 3 aliphatic rings. The Bertz CT molecular complexity index is 1140. The molecule has 3 aliphatic carbocycles. The molecule has 146 valence electrons. The van der Waals surface area contributed by atoms with E-state index in [4.69, 9.17) is 0 Å². The molecule has 5 rings (SSSR count). The highest BCUT2D eigenvalue weighted by Gasteiger charge is 2.70. The van der Waals surface area contributed by atoms with Gasteiger partial charge in [-0.15, -0.1) is 0 Å². The van der Waals surface area contributed by atoms with Crippen molar-refractivity contribution in [1.29, 1.82) is 0 Å². The lowest BCUT2D eigenvalue weighted by Gasteiger charge is -2.35. The summed E-state index contributed by atoms with van der Waals surface area (Å²) in [7, 11) is -7.59. The fraction of sp³-hybridized carbons (Fsp3) is 0.364.